The lowest BCUT2D eigenvalue weighted by molar-refractivity contribution is -0.139. The molecule has 0 bridgehead atoms. The zero-order valence-electron chi connectivity index (χ0n) is 9.72. The molecule has 0 aromatic heterocycles. The summed E-state index contributed by atoms with van der Waals surface area (Å²) in [6.07, 6.45) is -0.726. The first-order chi connectivity index (χ1) is 8.43. The van der Waals surface area contributed by atoms with Crippen LogP contribution < -0.4 is 4.74 Å². The van der Waals surface area contributed by atoms with Gasteiger partial charge in [-0.3, -0.25) is 9.59 Å². The van der Waals surface area contributed by atoms with Gasteiger partial charge >= 0.3 is 11.9 Å². The first kappa shape index (κ1) is 14.0. The molecule has 0 saturated heterocycles. The van der Waals surface area contributed by atoms with E-state index in [-0.39, 0.29) is 18.6 Å². The largest absolute Gasteiger partial charge is 0.494 e. The van der Waals surface area contributed by atoms with Crippen molar-refractivity contribution >= 4 is 11.9 Å². The predicted molar refractivity (Wildman–Crippen MR) is 60.2 cm³/mol. The van der Waals surface area contributed by atoms with Crippen molar-refractivity contribution in [2.45, 2.75) is 18.8 Å². The van der Waals surface area contributed by atoms with Gasteiger partial charge in [-0.2, -0.15) is 0 Å². The summed E-state index contributed by atoms with van der Waals surface area (Å²) in [6, 6.07) is 3.93. The Morgan fingerprint density at radius 1 is 1.28 bits per heavy atom. The molecule has 1 rings (SSSR count). The fraction of sp³-hybridized carbons (Fsp3) is 0.333. The van der Waals surface area contributed by atoms with E-state index in [1.807, 2.05) is 0 Å². The van der Waals surface area contributed by atoms with Gasteiger partial charge in [-0.15, -0.1) is 0 Å². The number of hydrogen-bond acceptors (Lipinski definition) is 3. The van der Waals surface area contributed by atoms with E-state index < -0.39 is 23.7 Å². The number of ether oxygens (including phenoxy) is 1. The van der Waals surface area contributed by atoms with Crippen LogP contribution in [0.4, 0.5) is 4.39 Å². The summed E-state index contributed by atoms with van der Waals surface area (Å²) in [5.74, 6) is -3.63. The first-order valence-corrected chi connectivity index (χ1v) is 5.21. The van der Waals surface area contributed by atoms with E-state index in [0.29, 0.717) is 5.56 Å². The number of benzene rings is 1. The average Bonchev–Trinajstić information content (AvgIpc) is 2.26. The van der Waals surface area contributed by atoms with Crippen LogP contribution in [0, 0.1) is 5.82 Å². The van der Waals surface area contributed by atoms with Crippen molar-refractivity contribution in [3.8, 4) is 5.75 Å². The quantitative estimate of drug-likeness (QED) is 0.811. The van der Waals surface area contributed by atoms with E-state index in [4.69, 9.17) is 14.9 Å². The summed E-state index contributed by atoms with van der Waals surface area (Å²) >= 11 is 0. The number of aliphatic carboxylic acids is 2. The molecule has 98 valence electrons. The molecule has 0 amide bonds. The van der Waals surface area contributed by atoms with Crippen LogP contribution in [0.15, 0.2) is 18.2 Å². The molecule has 0 aliphatic carbocycles. The summed E-state index contributed by atoms with van der Waals surface area (Å²) in [4.78, 5) is 21.3. The smallest absolute Gasteiger partial charge is 0.303 e. The Labute approximate surface area is 103 Å². The van der Waals surface area contributed by atoms with Gasteiger partial charge in [0.1, 0.15) is 0 Å². The molecule has 0 atom stereocenters. The number of carboxylic acid groups (broad SMARTS) is 2. The van der Waals surface area contributed by atoms with Crippen molar-refractivity contribution in [3.63, 3.8) is 0 Å². The van der Waals surface area contributed by atoms with Crippen LogP contribution >= 0.6 is 0 Å². The summed E-state index contributed by atoms with van der Waals surface area (Å²) in [5, 5.41) is 17.4. The highest BCUT2D eigenvalue weighted by Gasteiger charge is 2.20. The van der Waals surface area contributed by atoms with Gasteiger partial charge in [0.15, 0.2) is 11.6 Å². The van der Waals surface area contributed by atoms with E-state index in [1.54, 1.807) is 0 Å². The molecule has 1 aromatic carbocycles. The number of carbonyl (C=O) groups is 2. The first-order valence-electron chi connectivity index (χ1n) is 5.21. The molecule has 0 aliphatic rings. The molecule has 0 radical (unpaired) electrons. The summed E-state index contributed by atoms with van der Waals surface area (Å²) in [6.45, 7) is 0. The van der Waals surface area contributed by atoms with Gasteiger partial charge in [-0.05, 0) is 17.7 Å². The summed E-state index contributed by atoms with van der Waals surface area (Å²) in [7, 11) is 1.31. The number of rotatable bonds is 6. The molecule has 18 heavy (non-hydrogen) atoms. The fourth-order valence-electron chi connectivity index (χ4n) is 1.67. The minimum atomic E-state index is -1.13. The molecule has 0 unspecified atom stereocenters. The number of carboxylic acids is 2. The van der Waals surface area contributed by atoms with Gasteiger partial charge < -0.3 is 14.9 Å². The average molecular weight is 256 g/mol. The van der Waals surface area contributed by atoms with Crippen molar-refractivity contribution in [1.29, 1.82) is 0 Å². The molecular weight excluding hydrogens is 243 g/mol. The number of hydrogen-bond donors (Lipinski definition) is 2. The van der Waals surface area contributed by atoms with E-state index in [2.05, 4.69) is 0 Å². The Morgan fingerprint density at radius 2 is 1.83 bits per heavy atom. The van der Waals surface area contributed by atoms with Crippen molar-refractivity contribution in [2.24, 2.45) is 0 Å². The van der Waals surface area contributed by atoms with Crippen molar-refractivity contribution in [1.82, 2.24) is 0 Å². The third-order valence-corrected chi connectivity index (χ3v) is 2.49. The van der Waals surface area contributed by atoms with Gasteiger partial charge in [0.2, 0.25) is 0 Å². The molecular formula is C12H13FO5. The maximum atomic E-state index is 13.5. The lowest BCUT2D eigenvalue weighted by Gasteiger charge is -2.14. The van der Waals surface area contributed by atoms with E-state index in [0.717, 1.165) is 6.07 Å². The molecule has 2 N–H and O–H groups in total. The SMILES string of the molecule is COc1ccc(C(CC(=O)O)CC(=O)O)cc1F. The molecule has 0 heterocycles. The van der Waals surface area contributed by atoms with Crippen LogP contribution in [0.25, 0.3) is 0 Å². The van der Waals surface area contributed by atoms with Crippen molar-refractivity contribution in [2.75, 3.05) is 7.11 Å². The zero-order chi connectivity index (χ0) is 13.7. The normalized spacial score (nSPS) is 10.4. The van der Waals surface area contributed by atoms with Gasteiger partial charge in [-0.25, -0.2) is 4.39 Å². The van der Waals surface area contributed by atoms with Crippen LogP contribution in [-0.2, 0) is 9.59 Å². The van der Waals surface area contributed by atoms with Crippen LogP contribution in [0.2, 0.25) is 0 Å². The molecule has 0 aliphatic heterocycles. The second-order valence-electron chi connectivity index (χ2n) is 3.79. The third-order valence-electron chi connectivity index (χ3n) is 2.49. The highest BCUT2D eigenvalue weighted by Crippen LogP contribution is 2.27. The van der Waals surface area contributed by atoms with Crippen LogP contribution in [0.5, 0.6) is 5.75 Å². The maximum Gasteiger partial charge on any atom is 0.303 e. The fourth-order valence-corrected chi connectivity index (χ4v) is 1.67. The second kappa shape index (κ2) is 6.00. The van der Waals surface area contributed by atoms with Gasteiger partial charge in [0, 0.05) is 5.92 Å². The van der Waals surface area contributed by atoms with E-state index in [1.165, 1.54) is 19.2 Å². The van der Waals surface area contributed by atoms with Crippen LogP contribution in [0.3, 0.4) is 0 Å². The Bertz CT molecular complexity index is 442. The number of halogens is 1. The lowest BCUT2D eigenvalue weighted by atomic mass is 9.92. The van der Waals surface area contributed by atoms with E-state index in [9.17, 15) is 14.0 Å². The molecule has 0 spiro atoms. The number of methoxy groups -OCH3 is 1. The van der Waals surface area contributed by atoms with Gasteiger partial charge in [0.25, 0.3) is 0 Å². The molecule has 1 aromatic rings. The highest BCUT2D eigenvalue weighted by atomic mass is 19.1. The van der Waals surface area contributed by atoms with E-state index >= 15 is 0 Å². The van der Waals surface area contributed by atoms with Crippen molar-refractivity contribution in [3.05, 3.63) is 29.6 Å². The van der Waals surface area contributed by atoms with Crippen LogP contribution in [-0.4, -0.2) is 29.3 Å². The Balaban J connectivity index is 3.00. The molecule has 6 heteroatoms. The predicted octanol–water partition coefficient (Wildman–Crippen LogP) is 1.87. The Morgan fingerprint density at radius 3 is 2.22 bits per heavy atom. The highest BCUT2D eigenvalue weighted by molar-refractivity contribution is 5.72. The monoisotopic (exact) mass is 256 g/mol. The summed E-state index contributed by atoms with van der Waals surface area (Å²) < 4.78 is 18.2. The Hall–Kier alpha value is -2.11. The Kier molecular flexibility index (Phi) is 4.65. The standard InChI is InChI=1S/C12H13FO5/c1-18-10-3-2-7(4-9(10)13)8(5-11(14)15)6-12(16)17/h2-4,8H,5-6H2,1H3,(H,14,15)(H,16,17). The molecule has 5 nitrogen and oxygen atoms in total. The summed E-state index contributed by atoms with van der Waals surface area (Å²) in [5.41, 5.74) is 0.332. The topological polar surface area (TPSA) is 83.8 Å². The maximum absolute atomic E-state index is 13.5. The van der Waals surface area contributed by atoms with Crippen molar-refractivity contribution < 1.29 is 28.9 Å². The van der Waals surface area contributed by atoms with Gasteiger partial charge in [-0.1, -0.05) is 6.07 Å². The van der Waals surface area contributed by atoms with Gasteiger partial charge in [0.05, 0.1) is 20.0 Å². The molecule has 0 saturated carbocycles. The minimum absolute atomic E-state index is 0.0307. The van der Waals surface area contributed by atoms with Crippen LogP contribution in [0.1, 0.15) is 24.3 Å². The second-order valence-corrected chi connectivity index (χ2v) is 3.79. The molecule has 0 fully saturated rings. The third kappa shape index (κ3) is 3.73. The minimum Gasteiger partial charge on any atom is -0.494 e. The zero-order valence-corrected chi connectivity index (χ0v) is 9.72. The lowest BCUT2D eigenvalue weighted by Crippen LogP contribution is -2.11.